The number of benzene rings is 2. The lowest BCUT2D eigenvalue weighted by Crippen LogP contribution is -2.13. The van der Waals surface area contributed by atoms with E-state index in [0.29, 0.717) is 0 Å². The summed E-state index contributed by atoms with van der Waals surface area (Å²) in [6, 6.07) is 10.1. The summed E-state index contributed by atoms with van der Waals surface area (Å²) in [6.07, 6.45) is 1.50. The minimum absolute atomic E-state index is 0.405. The highest BCUT2D eigenvalue weighted by Gasteiger charge is 2.27. The zero-order valence-electron chi connectivity index (χ0n) is 13.4. The fourth-order valence-electron chi connectivity index (χ4n) is 1.87. The lowest BCUT2D eigenvalue weighted by atomic mass is 10.2. The Bertz CT molecular complexity index is 927. The standard InChI is InChI=1S/C14H10O6S.2CHNO/c15-13(16)9-5-1-3-7-11(9)21(19,20)12-8-4-2-6-10(12)14(17)18;2*2-1-3/h1-8H,(H,15,16)(H,17,18);2*2H. The maximum Gasteiger partial charge on any atom is 0.337 e. The van der Waals surface area contributed by atoms with Crippen molar-refractivity contribution >= 4 is 33.9 Å². The van der Waals surface area contributed by atoms with Gasteiger partial charge in [-0.15, -0.1) is 0 Å². The number of nitrogens with one attached hydrogen (secondary N) is 2. The SMILES string of the molecule is N=C=O.N=C=O.O=C(O)c1ccccc1S(=O)(=O)c1ccccc1C(=O)O. The molecule has 0 fully saturated rings. The molecule has 0 heterocycles. The van der Waals surface area contributed by atoms with Crippen LogP contribution in [0.15, 0.2) is 58.3 Å². The van der Waals surface area contributed by atoms with Crippen LogP contribution in [0.5, 0.6) is 0 Å². The van der Waals surface area contributed by atoms with Crippen LogP contribution < -0.4 is 0 Å². The number of hydrogen-bond acceptors (Lipinski definition) is 8. The molecular formula is C16H12N2O8S. The van der Waals surface area contributed by atoms with Crippen LogP contribution in [0.1, 0.15) is 20.7 Å². The summed E-state index contributed by atoms with van der Waals surface area (Å²) in [7, 11) is -4.25. The number of carboxylic acids is 2. The number of carboxylic acid groups (broad SMARTS) is 2. The van der Waals surface area contributed by atoms with Crippen molar-refractivity contribution in [1.82, 2.24) is 0 Å². The maximum atomic E-state index is 12.6. The van der Waals surface area contributed by atoms with Crippen molar-refractivity contribution < 1.29 is 37.8 Å². The first-order chi connectivity index (χ1) is 12.7. The first-order valence-electron chi connectivity index (χ1n) is 6.66. The van der Waals surface area contributed by atoms with E-state index in [0.717, 1.165) is 36.4 Å². The number of carbonyl (C=O) groups excluding carboxylic acids is 2. The molecule has 0 unspecified atom stereocenters. The topological polar surface area (TPSA) is 191 Å². The molecule has 0 spiro atoms. The third-order valence-corrected chi connectivity index (χ3v) is 4.68. The number of isocyanates is 2. The summed E-state index contributed by atoms with van der Waals surface area (Å²) in [6.45, 7) is 0. The minimum atomic E-state index is -4.25. The minimum Gasteiger partial charge on any atom is -0.478 e. The van der Waals surface area contributed by atoms with Gasteiger partial charge in [0.05, 0.1) is 20.9 Å². The Kier molecular flexibility index (Phi) is 9.28. The Morgan fingerprint density at radius 2 is 1.00 bits per heavy atom. The molecule has 0 radical (unpaired) electrons. The molecule has 0 aliphatic rings. The van der Waals surface area contributed by atoms with Crippen molar-refractivity contribution in [2.24, 2.45) is 0 Å². The quantitative estimate of drug-likeness (QED) is 0.446. The molecule has 0 aliphatic carbocycles. The Labute approximate surface area is 152 Å². The lowest BCUT2D eigenvalue weighted by molar-refractivity contribution is 0.0683. The summed E-state index contributed by atoms with van der Waals surface area (Å²) < 4.78 is 25.1. The molecule has 0 saturated carbocycles. The first kappa shape index (κ1) is 23.1. The van der Waals surface area contributed by atoms with Crippen molar-refractivity contribution in [3.8, 4) is 0 Å². The van der Waals surface area contributed by atoms with E-state index in [4.69, 9.17) is 30.6 Å². The van der Waals surface area contributed by atoms with E-state index in [2.05, 4.69) is 0 Å². The molecular weight excluding hydrogens is 380 g/mol. The summed E-state index contributed by atoms with van der Waals surface area (Å²) in [5.41, 5.74) is -0.810. The van der Waals surface area contributed by atoms with Crippen molar-refractivity contribution in [2.45, 2.75) is 9.79 Å². The van der Waals surface area contributed by atoms with Crippen LogP contribution >= 0.6 is 0 Å². The van der Waals surface area contributed by atoms with Gasteiger partial charge < -0.3 is 10.2 Å². The normalized spacial score (nSPS) is 9.19. The van der Waals surface area contributed by atoms with Crippen LogP contribution in [0.2, 0.25) is 0 Å². The summed E-state index contributed by atoms with van der Waals surface area (Å²) >= 11 is 0. The van der Waals surface area contributed by atoms with E-state index in [1.807, 2.05) is 0 Å². The van der Waals surface area contributed by atoms with E-state index in [9.17, 15) is 18.0 Å². The predicted octanol–water partition coefficient (Wildman–Crippen LogP) is 1.72. The molecule has 0 aliphatic heterocycles. The van der Waals surface area contributed by atoms with Gasteiger partial charge in [0, 0.05) is 0 Å². The summed E-state index contributed by atoms with van der Waals surface area (Å²) in [4.78, 5) is 38.1. The van der Waals surface area contributed by atoms with Crippen molar-refractivity contribution in [2.75, 3.05) is 0 Å². The Hall–Kier alpha value is -3.91. The Morgan fingerprint density at radius 1 is 0.741 bits per heavy atom. The van der Waals surface area contributed by atoms with Gasteiger partial charge in [-0.2, -0.15) is 0 Å². The van der Waals surface area contributed by atoms with Gasteiger partial charge in [0.1, 0.15) is 0 Å². The lowest BCUT2D eigenvalue weighted by Gasteiger charge is -2.10. The zero-order valence-corrected chi connectivity index (χ0v) is 14.2. The van der Waals surface area contributed by atoms with Gasteiger partial charge in [0.2, 0.25) is 22.0 Å². The molecule has 0 aromatic heterocycles. The van der Waals surface area contributed by atoms with Crippen LogP contribution in [0.25, 0.3) is 0 Å². The van der Waals surface area contributed by atoms with Crippen LogP contribution in [-0.2, 0) is 19.4 Å². The Balaban J connectivity index is 0.000000997. The molecule has 0 amide bonds. The van der Waals surface area contributed by atoms with E-state index in [1.54, 1.807) is 0 Å². The van der Waals surface area contributed by atoms with Gasteiger partial charge in [-0.25, -0.2) is 38.4 Å². The van der Waals surface area contributed by atoms with Crippen LogP contribution in [0.3, 0.4) is 0 Å². The fourth-order valence-corrected chi connectivity index (χ4v) is 3.52. The smallest absolute Gasteiger partial charge is 0.337 e. The van der Waals surface area contributed by atoms with Crippen LogP contribution in [0, 0.1) is 10.8 Å². The van der Waals surface area contributed by atoms with Gasteiger partial charge in [-0.05, 0) is 24.3 Å². The third kappa shape index (κ3) is 6.15. The second-order valence-corrected chi connectivity index (χ2v) is 6.20. The summed E-state index contributed by atoms with van der Waals surface area (Å²) in [5.74, 6) is -2.80. The third-order valence-electron chi connectivity index (χ3n) is 2.81. The molecule has 0 atom stereocenters. The number of rotatable bonds is 4. The summed E-state index contributed by atoms with van der Waals surface area (Å²) in [5, 5.41) is 29.0. The zero-order chi connectivity index (χ0) is 21.0. The number of aromatic carboxylic acids is 2. The van der Waals surface area contributed by atoms with Crippen molar-refractivity contribution in [3.63, 3.8) is 0 Å². The largest absolute Gasteiger partial charge is 0.478 e. The van der Waals surface area contributed by atoms with Gasteiger partial charge in [0.25, 0.3) is 0 Å². The molecule has 11 heteroatoms. The molecule has 10 nitrogen and oxygen atoms in total. The van der Waals surface area contributed by atoms with Crippen LogP contribution in [0.4, 0.5) is 0 Å². The van der Waals surface area contributed by atoms with Gasteiger partial charge in [-0.3, -0.25) is 0 Å². The molecule has 140 valence electrons. The number of carbonyl (C=O) groups is 2. The number of hydrogen-bond donors (Lipinski definition) is 4. The second-order valence-electron chi connectivity index (χ2n) is 4.31. The van der Waals surface area contributed by atoms with E-state index in [1.165, 1.54) is 24.3 Å². The molecule has 4 N–H and O–H groups in total. The highest BCUT2D eigenvalue weighted by molar-refractivity contribution is 7.91. The molecule has 0 bridgehead atoms. The maximum absolute atomic E-state index is 12.6. The molecule has 2 aromatic carbocycles. The highest BCUT2D eigenvalue weighted by Crippen LogP contribution is 2.26. The first-order valence-corrected chi connectivity index (χ1v) is 8.14. The predicted molar refractivity (Wildman–Crippen MR) is 89.1 cm³/mol. The molecule has 27 heavy (non-hydrogen) atoms. The Morgan fingerprint density at radius 3 is 1.26 bits per heavy atom. The molecule has 2 rings (SSSR count). The van der Waals surface area contributed by atoms with Gasteiger partial charge >= 0.3 is 11.9 Å². The fraction of sp³-hybridized carbons (Fsp3) is 0. The molecule has 2 aromatic rings. The van der Waals surface area contributed by atoms with Crippen molar-refractivity contribution in [3.05, 3.63) is 59.7 Å². The van der Waals surface area contributed by atoms with Crippen molar-refractivity contribution in [1.29, 1.82) is 10.8 Å². The average molecular weight is 392 g/mol. The van der Waals surface area contributed by atoms with Gasteiger partial charge in [-0.1, -0.05) is 24.3 Å². The van der Waals surface area contributed by atoms with E-state index >= 15 is 0 Å². The van der Waals surface area contributed by atoms with Crippen LogP contribution in [-0.4, -0.2) is 42.7 Å². The average Bonchev–Trinajstić information content (AvgIpc) is 2.63. The van der Waals surface area contributed by atoms with E-state index < -0.39 is 42.7 Å². The second kappa shape index (κ2) is 10.9. The highest BCUT2D eigenvalue weighted by atomic mass is 32.2. The number of sulfone groups is 1. The van der Waals surface area contributed by atoms with E-state index in [-0.39, 0.29) is 0 Å². The van der Waals surface area contributed by atoms with Gasteiger partial charge in [0.15, 0.2) is 0 Å². The molecule has 0 saturated heterocycles. The monoisotopic (exact) mass is 392 g/mol.